The fourth-order valence-electron chi connectivity index (χ4n) is 3.27. The predicted octanol–water partition coefficient (Wildman–Crippen LogP) is 1.96. The molecule has 3 heterocycles. The van der Waals surface area contributed by atoms with Crippen molar-refractivity contribution in [2.45, 2.75) is 13.0 Å². The van der Waals surface area contributed by atoms with Crippen molar-refractivity contribution in [2.75, 3.05) is 43.2 Å². The number of benzene rings is 1. The summed E-state index contributed by atoms with van der Waals surface area (Å²) in [6.07, 6.45) is 1.81. The Hall–Kier alpha value is -2.80. The third-order valence-electron chi connectivity index (χ3n) is 4.85. The summed E-state index contributed by atoms with van der Waals surface area (Å²) in [5.74, 6) is 2.35. The maximum Gasteiger partial charge on any atom is 0.241 e. The van der Waals surface area contributed by atoms with Crippen LogP contribution in [0.1, 0.15) is 6.92 Å². The van der Waals surface area contributed by atoms with Crippen molar-refractivity contribution >= 4 is 17.4 Å². The number of ether oxygens (including phenoxy) is 2. The maximum absolute atomic E-state index is 12.6. The number of piperazine rings is 1. The average Bonchev–Trinajstić information content (AvgIpc) is 3.16. The molecule has 7 heteroatoms. The van der Waals surface area contributed by atoms with Crippen molar-refractivity contribution in [2.24, 2.45) is 0 Å². The van der Waals surface area contributed by atoms with E-state index in [4.69, 9.17) is 9.47 Å². The van der Waals surface area contributed by atoms with Crippen molar-refractivity contribution in [3.05, 3.63) is 42.6 Å². The first-order chi connectivity index (χ1) is 12.7. The molecule has 136 valence electrons. The molecule has 1 atom stereocenters. The zero-order valence-corrected chi connectivity index (χ0v) is 14.7. The lowest BCUT2D eigenvalue weighted by Gasteiger charge is -2.37. The molecule has 0 unspecified atom stereocenters. The fourth-order valence-corrected chi connectivity index (χ4v) is 3.27. The molecule has 7 nitrogen and oxygen atoms in total. The number of carbonyl (C=O) groups excluding carboxylic acids is 1. The minimum Gasteiger partial charge on any atom is -0.454 e. The highest BCUT2D eigenvalue weighted by Gasteiger charge is 2.26. The molecule has 0 bridgehead atoms. The lowest BCUT2D eigenvalue weighted by Crippen LogP contribution is -2.53. The Morgan fingerprint density at radius 1 is 1.12 bits per heavy atom. The number of rotatable bonds is 4. The second-order valence-corrected chi connectivity index (χ2v) is 6.44. The van der Waals surface area contributed by atoms with Crippen molar-refractivity contribution in [1.29, 1.82) is 0 Å². The van der Waals surface area contributed by atoms with E-state index >= 15 is 0 Å². The van der Waals surface area contributed by atoms with Crippen LogP contribution in [0.25, 0.3) is 0 Å². The van der Waals surface area contributed by atoms with Crippen molar-refractivity contribution in [3.8, 4) is 11.5 Å². The fraction of sp³-hybridized carbons (Fsp3) is 0.368. The zero-order valence-electron chi connectivity index (χ0n) is 14.7. The van der Waals surface area contributed by atoms with Crippen LogP contribution in [-0.2, 0) is 4.79 Å². The van der Waals surface area contributed by atoms with Crippen molar-refractivity contribution < 1.29 is 14.3 Å². The summed E-state index contributed by atoms with van der Waals surface area (Å²) in [5, 5.41) is 2.97. The lowest BCUT2D eigenvalue weighted by atomic mass is 10.2. The monoisotopic (exact) mass is 354 g/mol. The summed E-state index contributed by atoms with van der Waals surface area (Å²) in [4.78, 5) is 21.5. The Morgan fingerprint density at radius 2 is 1.92 bits per heavy atom. The molecule has 0 spiro atoms. The molecule has 0 saturated carbocycles. The van der Waals surface area contributed by atoms with Crippen LogP contribution in [0.3, 0.4) is 0 Å². The van der Waals surface area contributed by atoms with Crippen LogP contribution in [0.5, 0.6) is 11.5 Å². The van der Waals surface area contributed by atoms with Crippen LogP contribution in [0, 0.1) is 0 Å². The molecule has 2 aliphatic rings. The molecular formula is C19H22N4O3. The van der Waals surface area contributed by atoms with Crippen molar-refractivity contribution in [1.82, 2.24) is 9.88 Å². The van der Waals surface area contributed by atoms with Gasteiger partial charge in [-0.3, -0.25) is 9.69 Å². The zero-order chi connectivity index (χ0) is 17.9. The van der Waals surface area contributed by atoms with Gasteiger partial charge >= 0.3 is 0 Å². The number of pyridine rings is 1. The van der Waals surface area contributed by atoms with Gasteiger partial charge in [-0.15, -0.1) is 0 Å². The number of aromatic nitrogens is 1. The Kier molecular flexibility index (Phi) is 4.62. The van der Waals surface area contributed by atoms with Gasteiger partial charge in [-0.2, -0.15) is 0 Å². The lowest BCUT2D eigenvalue weighted by molar-refractivity contribution is -0.120. The third kappa shape index (κ3) is 3.43. The standard InChI is InChI=1S/C19H22N4O3/c1-14(19(24)21-15-5-6-16-17(12-15)26-13-25-16)22-8-10-23(11-9-22)18-4-2-3-7-20-18/h2-7,12,14H,8-11,13H2,1H3,(H,21,24)/t14-/m0/s1. The second kappa shape index (κ2) is 7.21. The molecule has 1 N–H and O–H groups in total. The molecule has 2 aliphatic heterocycles. The van der Waals surface area contributed by atoms with Gasteiger partial charge in [0.05, 0.1) is 6.04 Å². The van der Waals surface area contributed by atoms with Gasteiger partial charge in [0.1, 0.15) is 5.82 Å². The molecule has 2 aromatic rings. The van der Waals surface area contributed by atoms with Gasteiger partial charge in [-0.1, -0.05) is 6.07 Å². The summed E-state index contributed by atoms with van der Waals surface area (Å²) in [6.45, 7) is 5.54. The summed E-state index contributed by atoms with van der Waals surface area (Å²) < 4.78 is 10.7. The first-order valence-electron chi connectivity index (χ1n) is 8.81. The number of hydrogen-bond acceptors (Lipinski definition) is 6. The summed E-state index contributed by atoms with van der Waals surface area (Å²) >= 11 is 0. The Morgan fingerprint density at radius 3 is 2.69 bits per heavy atom. The summed E-state index contributed by atoms with van der Waals surface area (Å²) in [6, 6.07) is 11.2. The molecule has 1 saturated heterocycles. The molecule has 4 rings (SSSR count). The molecule has 0 aliphatic carbocycles. The van der Waals surface area contributed by atoms with Crippen LogP contribution in [-0.4, -0.2) is 54.8 Å². The van der Waals surface area contributed by atoms with Gasteiger partial charge in [0.2, 0.25) is 12.7 Å². The van der Waals surface area contributed by atoms with Crippen LogP contribution >= 0.6 is 0 Å². The number of hydrogen-bond donors (Lipinski definition) is 1. The van der Waals surface area contributed by atoms with Crippen molar-refractivity contribution in [3.63, 3.8) is 0 Å². The van der Waals surface area contributed by atoms with E-state index < -0.39 is 0 Å². The second-order valence-electron chi connectivity index (χ2n) is 6.44. The minimum atomic E-state index is -0.202. The van der Waals surface area contributed by atoms with E-state index in [0.717, 1.165) is 37.7 Å². The number of fused-ring (bicyclic) bond motifs is 1. The molecule has 1 amide bonds. The van der Waals surface area contributed by atoms with Gasteiger partial charge in [0.15, 0.2) is 11.5 Å². The number of nitrogens with zero attached hydrogens (tertiary/aromatic N) is 3. The van der Waals surface area contributed by atoms with E-state index in [0.29, 0.717) is 11.5 Å². The topological polar surface area (TPSA) is 66.9 Å². The predicted molar refractivity (Wildman–Crippen MR) is 98.7 cm³/mol. The molecular weight excluding hydrogens is 332 g/mol. The van der Waals surface area contributed by atoms with Crippen LogP contribution in [0.15, 0.2) is 42.6 Å². The Balaban J connectivity index is 1.33. The summed E-state index contributed by atoms with van der Waals surface area (Å²) in [5.41, 5.74) is 0.721. The highest BCUT2D eigenvalue weighted by atomic mass is 16.7. The van der Waals surface area contributed by atoms with E-state index in [2.05, 4.69) is 20.1 Å². The van der Waals surface area contributed by atoms with E-state index in [1.54, 1.807) is 6.07 Å². The first kappa shape index (κ1) is 16.7. The normalized spacial score (nSPS) is 17.8. The average molecular weight is 354 g/mol. The van der Waals surface area contributed by atoms with Gasteiger partial charge in [-0.25, -0.2) is 4.98 Å². The quantitative estimate of drug-likeness (QED) is 0.905. The van der Waals surface area contributed by atoms with Gasteiger partial charge in [0.25, 0.3) is 0 Å². The molecule has 0 radical (unpaired) electrons. The largest absolute Gasteiger partial charge is 0.454 e. The van der Waals surface area contributed by atoms with Gasteiger partial charge < -0.3 is 19.7 Å². The van der Waals surface area contributed by atoms with E-state index in [9.17, 15) is 4.79 Å². The summed E-state index contributed by atoms with van der Waals surface area (Å²) in [7, 11) is 0. The number of nitrogens with one attached hydrogen (secondary N) is 1. The smallest absolute Gasteiger partial charge is 0.241 e. The molecule has 1 aromatic carbocycles. The maximum atomic E-state index is 12.6. The molecule has 26 heavy (non-hydrogen) atoms. The molecule has 1 aromatic heterocycles. The Labute approximate surface area is 152 Å². The van der Waals surface area contributed by atoms with E-state index in [1.807, 2.05) is 43.5 Å². The van der Waals surface area contributed by atoms with Crippen LogP contribution in [0.2, 0.25) is 0 Å². The van der Waals surface area contributed by atoms with Crippen LogP contribution in [0.4, 0.5) is 11.5 Å². The Bertz CT molecular complexity index is 776. The van der Waals surface area contributed by atoms with E-state index in [-0.39, 0.29) is 18.7 Å². The number of anilines is 2. The minimum absolute atomic E-state index is 0.0184. The van der Waals surface area contributed by atoms with Gasteiger partial charge in [0, 0.05) is 44.1 Å². The van der Waals surface area contributed by atoms with E-state index in [1.165, 1.54) is 0 Å². The number of carbonyl (C=O) groups is 1. The highest BCUT2D eigenvalue weighted by Crippen LogP contribution is 2.34. The SMILES string of the molecule is C[C@@H](C(=O)Nc1ccc2c(c1)OCO2)N1CCN(c2ccccn2)CC1. The number of amides is 1. The van der Waals surface area contributed by atoms with Crippen LogP contribution < -0.4 is 19.7 Å². The van der Waals surface area contributed by atoms with Gasteiger partial charge in [-0.05, 0) is 31.2 Å². The molecule has 1 fully saturated rings. The third-order valence-corrected chi connectivity index (χ3v) is 4.85. The highest BCUT2D eigenvalue weighted by molar-refractivity contribution is 5.94. The first-order valence-corrected chi connectivity index (χ1v) is 8.81.